The highest BCUT2D eigenvalue weighted by atomic mass is 35.5. The molecule has 0 amide bonds. The Morgan fingerprint density at radius 3 is 2.80 bits per heavy atom. The summed E-state index contributed by atoms with van der Waals surface area (Å²) in [4.78, 5) is 0. The van der Waals surface area contributed by atoms with E-state index in [1.54, 1.807) is 18.2 Å². The van der Waals surface area contributed by atoms with Gasteiger partial charge >= 0.3 is 0 Å². The van der Waals surface area contributed by atoms with Crippen LogP contribution in [-0.4, -0.2) is 6.04 Å². The van der Waals surface area contributed by atoms with Crippen molar-refractivity contribution in [1.82, 2.24) is 5.32 Å². The molecule has 1 fully saturated rings. The van der Waals surface area contributed by atoms with Crippen LogP contribution in [0.3, 0.4) is 0 Å². The first-order chi connectivity index (χ1) is 9.70. The van der Waals surface area contributed by atoms with Gasteiger partial charge in [-0.2, -0.15) is 0 Å². The summed E-state index contributed by atoms with van der Waals surface area (Å²) in [5.74, 6) is 1.05. The van der Waals surface area contributed by atoms with Gasteiger partial charge in [0.2, 0.25) is 0 Å². The Morgan fingerprint density at radius 2 is 2.05 bits per heavy atom. The molecule has 104 valence electrons. The maximum atomic E-state index is 13.4. The Morgan fingerprint density at radius 1 is 1.20 bits per heavy atom. The van der Waals surface area contributed by atoms with Crippen molar-refractivity contribution < 1.29 is 9.13 Å². The molecule has 1 aliphatic rings. The van der Waals surface area contributed by atoms with Crippen LogP contribution in [0.1, 0.15) is 18.4 Å². The van der Waals surface area contributed by atoms with Crippen LogP contribution in [0.15, 0.2) is 42.5 Å². The molecule has 0 aliphatic heterocycles. The van der Waals surface area contributed by atoms with Crippen molar-refractivity contribution in [2.45, 2.75) is 25.4 Å². The molecule has 2 aromatic rings. The quantitative estimate of drug-likeness (QED) is 0.874. The Hall–Kier alpha value is -1.58. The molecule has 1 saturated carbocycles. The monoisotopic (exact) mass is 291 g/mol. The standard InChI is InChI=1S/C16H15ClFNO/c17-12-2-1-3-15(9-12)20-16-7-4-13(18)8-11(16)10-19-14-5-6-14/h1-4,7-9,14,19H,5-6,10H2. The van der Waals surface area contributed by atoms with Gasteiger partial charge in [0.05, 0.1) is 0 Å². The Kier molecular flexibility index (Phi) is 3.90. The molecule has 1 N–H and O–H groups in total. The van der Waals surface area contributed by atoms with Gasteiger partial charge in [0, 0.05) is 23.2 Å². The lowest BCUT2D eigenvalue weighted by Gasteiger charge is -2.12. The van der Waals surface area contributed by atoms with Crippen LogP contribution in [0.4, 0.5) is 4.39 Å². The summed E-state index contributed by atoms with van der Waals surface area (Å²) in [5, 5.41) is 3.98. The maximum absolute atomic E-state index is 13.4. The fourth-order valence-corrected chi connectivity index (χ4v) is 2.17. The first-order valence-electron chi connectivity index (χ1n) is 6.66. The highest BCUT2D eigenvalue weighted by Crippen LogP contribution is 2.28. The van der Waals surface area contributed by atoms with Crippen molar-refractivity contribution in [2.75, 3.05) is 0 Å². The van der Waals surface area contributed by atoms with E-state index < -0.39 is 0 Å². The zero-order chi connectivity index (χ0) is 13.9. The summed E-state index contributed by atoms with van der Waals surface area (Å²) in [6, 6.07) is 12.3. The van der Waals surface area contributed by atoms with Gasteiger partial charge in [0.25, 0.3) is 0 Å². The van der Waals surface area contributed by atoms with Crippen LogP contribution >= 0.6 is 11.6 Å². The van der Waals surface area contributed by atoms with Crippen molar-refractivity contribution >= 4 is 11.6 Å². The molecule has 0 radical (unpaired) electrons. The van der Waals surface area contributed by atoms with E-state index in [0.29, 0.717) is 29.1 Å². The van der Waals surface area contributed by atoms with Crippen LogP contribution in [0.2, 0.25) is 5.02 Å². The normalized spacial score (nSPS) is 14.3. The minimum Gasteiger partial charge on any atom is -0.457 e. The molecule has 0 heterocycles. The van der Waals surface area contributed by atoms with Gasteiger partial charge in [-0.05, 0) is 49.2 Å². The Labute approximate surface area is 122 Å². The molecular formula is C16H15ClFNO. The highest BCUT2D eigenvalue weighted by molar-refractivity contribution is 6.30. The number of ether oxygens (including phenoxy) is 1. The lowest BCUT2D eigenvalue weighted by Crippen LogP contribution is -2.15. The van der Waals surface area contributed by atoms with Gasteiger partial charge in [-0.25, -0.2) is 4.39 Å². The third-order valence-electron chi connectivity index (χ3n) is 3.20. The van der Waals surface area contributed by atoms with E-state index in [2.05, 4.69) is 5.32 Å². The number of hydrogen-bond acceptors (Lipinski definition) is 2. The molecule has 2 nitrogen and oxygen atoms in total. The lowest BCUT2D eigenvalue weighted by atomic mass is 10.2. The second kappa shape index (κ2) is 5.81. The van der Waals surface area contributed by atoms with Gasteiger partial charge in [-0.3, -0.25) is 0 Å². The maximum Gasteiger partial charge on any atom is 0.132 e. The summed E-state index contributed by atoms with van der Waals surface area (Å²) in [6.45, 7) is 0.609. The van der Waals surface area contributed by atoms with Crippen molar-refractivity contribution in [1.29, 1.82) is 0 Å². The third-order valence-corrected chi connectivity index (χ3v) is 3.44. The average molecular weight is 292 g/mol. The number of benzene rings is 2. The summed E-state index contributed by atoms with van der Waals surface area (Å²) >= 11 is 5.93. The molecule has 0 spiro atoms. The zero-order valence-electron chi connectivity index (χ0n) is 10.9. The van der Waals surface area contributed by atoms with Crippen LogP contribution in [-0.2, 0) is 6.54 Å². The summed E-state index contributed by atoms with van der Waals surface area (Å²) in [5.41, 5.74) is 0.817. The fourth-order valence-electron chi connectivity index (χ4n) is 1.98. The molecule has 0 bridgehead atoms. The number of halogens is 2. The molecule has 0 unspecified atom stereocenters. The van der Waals surface area contributed by atoms with Crippen molar-refractivity contribution in [3.63, 3.8) is 0 Å². The Balaban J connectivity index is 1.79. The molecule has 0 aromatic heterocycles. The largest absolute Gasteiger partial charge is 0.457 e. The fraction of sp³-hybridized carbons (Fsp3) is 0.250. The van der Waals surface area contributed by atoms with E-state index in [9.17, 15) is 4.39 Å². The molecule has 0 saturated heterocycles. The smallest absolute Gasteiger partial charge is 0.132 e. The van der Waals surface area contributed by atoms with Crippen LogP contribution < -0.4 is 10.1 Å². The molecular weight excluding hydrogens is 277 g/mol. The van der Waals surface area contributed by atoms with E-state index in [-0.39, 0.29) is 5.82 Å². The average Bonchev–Trinajstić information content (AvgIpc) is 3.23. The first kappa shape index (κ1) is 13.4. The molecule has 2 aromatic carbocycles. The molecule has 3 rings (SSSR count). The third kappa shape index (κ3) is 3.50. The van der Waals surface area contributed by atoms with Gasteiger partial charge in [-0.15, -0.1) is 0 Å². The molecule has 1 aliphatic carbocycles. The lowest BCUT2D eigenvalue weighted by molar-refractivity contribution is 0.469. The van der Waals surface area contributed by atoms with Crippen LogP contribution in [0, 0.1) is 5.82 Å². The van der Waals surface area contributed by atoms with E-state index >= 15 is 0 Å². The minimum absolute atomic E-state index is 0.254. The van der Waals surface area contributed by atoms with Crippen molar-refractivity contribution in [3.05, 3.63) is 58.9 Å². The van der Waals surface area contributed by atoms with Crippen molar-refractivity contribution in [3.8, 4) is 11.5 Å². The van der Waals surface area contributed by atoms with E-state index in [1.807, 2.05) is 12.1 Å². The van der Waals surface area contributed by atoms with Gasteiger partial charge in [0.1, 0.15) is 17.3 Å². The molecule has 4 heteroatoms. The highest BCUT2D eigenvalue weighted by Gasteiger charge is 2.20. The predicted octanol–water partition coefficient (Wildman–Crippen LogP) is 4.52. The first-order valence-corrected chi connectivity index (χ1v) is 7.04. The van der Waals surface area contributed by atoms with Crippen LogP contribution in [0.5, 0.6) is 11.5 Å². The zero-order valence-corrected chi connectivity index (χ0v) is 11.7. The SMILES string of the molecule is Fc1ccc(Oc2cccc(Cl)c2)c(CNC2CC2)c1. The number of hydrogen-bond donors (Lipinski definition) is 1. The van der Waals surface area contributed by atoms with Gasteiger partial charge in [-0.1, -0.05) is 17.7 Å². The summed E-state index contributed by atoms with van der Waals surface area (Å²) in [7, 11) is 0. The molecule has 20 heavy (non-hydrogen) atoms. The van der Waals surface area contributed by atoms with Gasteiger partial charge < -0.3 is 10.1 Å². The van der Waals surface area contributed by atoms with E-state index in [1.165, 1.54) is 25.0 Å². The van der Waals surface area contributed by atoms with Gasteiger partial charge in [0.15, 0.2) is 0 Å². The summed E-state index contributed by atoms with van der Waals surface area (Å²) < 4.78 is 19.2. The van der Waals surface area contributed by atoms with E-state index in [4.69, 9.17) is 16.3 Å². The minimum atomic E-state index is -0.254. The van der Waals surface area contributed by atoms with E-state index in [0.717, 1.165) is 5.56 Å². The predicted molar refractivity (Wildman–Crippen MR) is 77.8 cm³/mol. The molecule has 0 atom stereocenters. The second-order valence-electron chi connectivity index (χ2n) is 4.97. The number of rotatable bonds is 5. The second-order valence-corrected chi connectivity index (χ2v) is 5.40. The number of nitrogens with one attached hydrogen (secondary N) is 1. The van der Waals surface area contributed by atoms with Crippen molar-refractivity contribution in [2.24, 2.45) is 0 Å². The summed E-state index contributed by atoms with van der Waals surface area (Å²) in [6.07, 6.45) is 2.39. The van der Waals surface area contributed by atoms with Crippen LogP contribution in [0.25, 0.3) is 0 Å². The topological polar surface area (TPSA) is 21.3 Å². The Bertz CT molecular complexity index is 613.